The standard InChI is InChI=1S/C11H19N3O3P2S/c15-8-7-13-6-5-11(12-13)20(16,17)14(18-9-1-2-9)19-10-3-4-10/h5-6,9-10,15,18-19H,1-4,7-8H2. The van der Waals surface area contributed by atoms with Crippen LogP contribution in [0.25, 0.3) is 0 Å². The van der Waals surface area contributed by atoms with E-state index in [4.69, 9.17) is 5.11 Å². The summed E-state index contributed by atoms with van der Waals surface area (Å²) in [4.78, 5) is 0. The van der Waals surface area contributed by atoms with Gasteiger partial charge < -0.3 is 5.11 Å². The number of aromatic nitrogens is 2. The van der Waals surface area contributed by atoms with Crippen LogP contribution >= 0.6 is 17.5 Å². The van der Waals surface area contributed by atoms with Crippen LogP contribution in [0.15, 0.2) is 17.3 Å². The Kier molecular flexibility index (Phi) is 4.44. The molecule has 1 heterocycles. The fraction of sp³-hybridized carbons (Fsp3) is 0.727. The minimum atomic E-state index is -3.46. The first-order valence-electron chi connectivity index (χ1n) is 6.81. The first-order chi connectivity index (χ1) is 9.59. The number of hydrogen-bond donors (Lipinski definition) is 1. The van der Waals surface area contributed by atoms with Crippen molar-refractivity contribution in [2.45, 2.75) is 48.6 Å². The molecule has 0 spiro atoms. The molecule has 2 atom stereocenters. The van der Waals surface area contributed by atoms with Crippen LogP contribution in [0.2, 0.25) is 0 Å². The van der Waals surface area contributed by atoms with Gasteiger partial charge in [-0.3, -0.25) is 4.68 Å². The summed E-state index contributed by atoms with van der Waals surface area (Å²) in [6, 6.07) is 1.53. The van der Waals surface area contributed by atoms with Gasteiger partial charge in [-0.25, -0.2) is 8.42 Å². The molecule has 0 aliphatic heterocycles. The zero-order valence-corrected chi connectivity index (χ0v) is 13.9. The molecule has 0 saturated heterocycles. The van der Waals surface area contributed by atoms with Crippen LogP contribution in [0.1, 0.15) is 25.7 Å². The summed E-state index contributed by atoms with van der Waals surface area (Å²) in [7, 11) is -2.72. The van der Waals surface area contributed by atoms with Gasteiger partial charge in [0, 0.05) is 6.20 Å². The number of sulfonamides is 1. The van der Waals surface area contributed by atoms with Gasteiger partial charge in [0.2, 0.25) is 0 Å². The Balaban J connectivity index is 1.77. The Morgan fingerprint density at radius 1 is 1.30 bits per heavy atom. The molecule has 2 saturated carbocycles. The molecule has 20 heavy (non-hydrogen) atoms. The van der Waals surface area contributed by atoms with E-state index in [1.165, 1.54) is 10.7 Å². The summed E-state index contributed by atoms with van der Waals surface area (Å²) >= 11 is 0. The van der Waals surface area contributed by atoms with Crippen LogP contribution < -0.4 is 0 Å². The quantitative estimate of drug-likeness (QED) is 0.728. The third-order valence-corrected chi connectivity index (χ3v) is 9.63. The summed E-state index contributed by atoms with van der Waals surface area (Å²) in [6.07, 6.45) is 6.22. The first-order valence-corrected chi connectivity index (χ1v) is 10.3. The molecule has 9 heteroatoms. The largest absolute Gasteiger partial charge is 0.394 e. The Morgan fingerprint density at radius 3 is 2.40 bits per heavy atom. The summed E-state index contributed by atoms with van der Waals surface area (Å²) in [5, 5.41) is 13.1. The van der Waals surface area contributed by atoms with E-state index in [0.29, 0.717) is 35.3 Å². The lowest BCUT2D eigenvalue weighted by molar-refractivity contribution is 0.268. The van der Waals surface area contributed by atoms with Crippen LogP contribution in [0.3, 0.4) is 0 Å². The molecular weight excluding hydrogens is 316 g/mol. The van der Waals surface area contributed by atoms with Gasteiger partial charge in [-0.2, -0.15) is 8.94 Å². The lowest BCUT2D eigenvalue weighted by atomic mass is 10.7. The van der Waals surface area contributed by atoms with Gasteiger partial charge >= 0.3 is 0 Å². The minimum absolute atomic E-state index is 0.0431. The molecule has 1 aromatic heterocycles. The third kappa shape index (κ3) is 3.58. The fourth-order valence-electron chi connectivity index (χ4n) is 1.73. The molecule has 2 aliphatic rings. The highest BCUT2D eigenvalue weighted by Gasteiger charge is 2.36. The lowest BCUT2D eigenvalue weighted by Gasteiger charge is -2.20. The Hall–Kier alpha value is -0.0600. The van der Waals surface area contributed by atoms with E-state index in [1.54, 1.807) is 10.0 Å². The van der Waals surface area contributed by atoms with E-state index in [0.717, 1.165) is 25.7 Å². The molecule has 0 aromatic carbocycles. The van der Waals surface area contributed by atoms with Crippen molar-refractivity contribution in [1.82, 2.24) is 13.6 Å². The third-order valence-electron chi connectivity index (χ3n) is 3.20. The molecule has 112 valence electrons. The molecule has 3 rings (SSSR count). The van der Waals surface area contributed by atoms with Crippen molar-refractivity contribution in [3.63, 3.8) is 0 Å². The van der Waals surface area contributed by atoms with Gasteiger partial charge in [0.05, 0.1) is 13.2 Å². The van der Waals surface area contributed by atoms with Crippen LogP contribution in [0, 0.1) is 0 Å². The SMILES string of the molecule is O=S(=O)(c1ccn(CCO)n1)N(PC1CC1)PC1CC1. The maximum Gasteiger partial charge on any atom is 0.268 e. The minimum Gasteiger partial charge on any atom is -0.394 e. The lowest BCUT2D eigenvalue weighted by Crippen LogP contribution is -2.18. The van der Waals surface area contributed by atoms with Crippen molar-refractivity contribution in [2.75, 3.05) is 6.61 Å². The average Bonchev–Trinajstić information content (AvgIpc) is 3.32. The molecule has 2 aliphatic carbocycles. The van der Waals surface area contributed by atoms with E-state index in [2.05, 4.69) is 5.10 Å². The van der Waals surface area contributed by atoms with E-state index in [9.17, 15) is 8.42 Å². The molecule has 6 nitrogen and oxygen atoms in total. The van der Waals surface area contributed by atoms with Gasteiger partial charge in [-0.15, -0.1) is 0 Å². The maximum absolute atomic E-state index is 12.7. The van der Waals surface area contributed by atoms with E-state index in [1.807, 2.05) is 0 Å². The van der Waals surface area contributed by atoms with Crippen LogP contribution in [0.5, 0.6) is 0 Å². The van der Waals surface area contributed by atoms with Crippen LogP contribution in [-0.2, 0) is 16.6 Å². The summed E-state index contributed by atoms with van der Waals surface area (Å²) in [5.74, 6) is 0. The van der Waals surface area contributed by atoms with E-state index >= 15 is 0 Å². The Morgan fingerprint density at radius 2 is 1.90 bits per heavy atom. The number of rotatable bonds is 8. The summed E-state index contributed by atoms with van der Waals surface area (Å²) in [6.45, 7) is 0.282. The molecule has 1 N–H and O–H groups in total. The monoisotopic (exact) mass is 335 g/mol. The predicted octanol–water partition coefficient (Wildman–Crippen LogP) is 1.38. The fourth-order valence-corrected chi connectivity index (χ4v) is 7.83. The van der Waals surface area contributed by atoms with Crippen molar-refractivity contribution >= 4 is 27.5 Å². The maximum atomic E-state index is 12.7. The number of nitrogens with zero attached hydrogens (tertiary/aromatic N) is 3. The van der Waals surface area contributed by atoms with E-state index < -0.39 is 10.0 Å². The second-order valence-electron chi connectivity index (χ2n) is 5.22. The summed E-state index contributed by atoms with van der Waals surface area (Å²) in [5.41, 5.74) is 1.13. The zero-order valence-electron chi connectivity index (χ0n) is 11.1. The van der Waals surface area contributed by atoms with Gasteiger partial charge in [-0.05, 0) is 60.5 Å². The molecule has 1 aromatic rings. The molecule has 0 radical (unpaired) electrons. The van der Waals surface area contributed by atoms with Crippen molar-refractivity contribution in [3.8, 4) is 0 Å². The predicted molar refractivity (Wildman–Crippen MR) is 81.0 cm³/mol. The van der Waals surface area contributed by atoms with Crippen molar-refractivity contribution in [2.24, 2.45) is 0 Å². The van der Waals surface area contributed by atoms with Gasteiger partial charge in [0.15, 0.2) is 5.03 Å². The Bertz CT molecular complexity index is 555. The smallest absolute Gasteiger partial charge is 0.268 e. The van der Waals surface area contributed by atoms with Crippen LogP contribution in [-0.4, -0.2) is 45.1 Å². The van der Waals surface area contributed by atoms with Crippen molar-refractivity contribution < 1.29 is 13.5 Å². The topological polar surface area (TPSA) is 75.4 Å². The molecule has 0 amide bonds. The summed E-state index contributed by atoms with van der Waals surface area (Å²) < 4.78 is 28.5. The van der Waals surface area contributed by atoms with Crippen molar-refractivity contribution in [1.29, 1.82) is 0 Å². The number of aliphatic hydroxyl groups excluding tert-OH is 1. The highest BCUT2D eigenvalue weighted by atomic mass is 32.2. The first kappa shape index (κ1) is 14.9. The average molecular weight is 335 g/mol. The molecule has 0 bridgehead atoms. The van der Waals surface area contributed by atoms with Gasteiger partial charge in [-0.1, -0.05) is 0 Å². The second kappa shape index (κ2) is 5.98. The Labute approximate surface area is 122 Å². The number of hydrogen-bond acceptors (Lipinski definition) is 4. The highest BCUT2D eigenvalue weighted by Crippen LogP contribution is 2.54. The molecule has 2 fully saturated rings. The van der Waals surface area contributed by atoms with Gasteiger partial charge in [0.1, 0.15) is 0 Å². The zero-order chi connectivity index (χ0) is 14.2. The van der Waals surface area contributed by atoms with Gasteiger partial charge in [0.25, 0.3) is 10.0 Å². The number of aliphatic hydroxyl groups is 1. The highest BCUT2D eigenvalue weighted by molar-refractivity contribution is 7.97. The molecule has 2 unspecified atom stereocenters. The van der Waals surface area contributed by atoms with Crippen LogP contribution in [0.4, 0.5) is 0 Å². The molecular formula is C11H19N3O3P2S. The van der Waals surface area contributed by atoms with Crippen molar-refractivity contribution in [3.05, 3.63) is 12.3 Å². The second-order valence-corrected chi connectivity index (χ2v) is 11.1. The van der Waals surface area contributed by atoms with E-state index in [-0.39, 0.29) is 11.6 Å². The normalized spacial score (nSPS) is 20.9.